The van der Waals surface area contributed by atoms with Gasteiger partial charge in [0.15, 0.2) is 5.76 Å². The summed E-state index contributed by atoms with van der Waals surface area (Å²) < 4.78 is 46.2. The number of furan rings is 1. The molecule has 3 aromatic rings. The predicted molar refractivity (Wildman–Crippen MR) is 107 cm³/mol. The summed E-state index contributed by atoms with van der Waals surface area (Å²) in [4.78, 5) is 18.8. The molecule has 2 aromatic heterocycles. The number of carbonyl (C=O) groups is 1. The first-order valence-corrected chi connectivity index (χ1v) is 11.1. The molecule has 0 saturated carbocycles. The number of aryl methyl sites for hydroxylation is 1. The number of hydrogen-bond donors (Lipinski definition) is 0. The standard InChI is InChI=1S/C20H19F3N2O2S2/c1-12-10-28-19(24-12)29-11-15-14-6-2-3-7-16(14)27-17(15)18(26)25-8-4-5-13(9-25)20(21,22)23/h2-3,6-7,10,13H,4-5,8-9,11H2,1H3. The summed E-state index contributed by atoms with van der Waals surface area (Å²) in [5, 5.41) is 2.76. The number of thioether (sulfide) groups is 1. The molecule has 4 nitrogen and oxygen atoms in total. The van der Waals surface area contributed by atoms with E-state index in [1.165, 1.54) is 28.0 Å². The number of piperidine rings is 1. The molecule has 1 fully saturated rings. The van der Waals surface area contributed by atoms with E-state index in [2.05, 4.69) is 4.98 Å². The van der Waals surface area contributed by atoms with Crippen molar-refractivity contribution in [3.63, 3.8) is 0 Å². The van der Waals surface area contributed by atoms with E-state index in [9.17, 15) is 18.0 Å². The normalized spacial score (nSPS) is 17.8. The molecule has 154 valence electrons. The highest BCUT2D eigenvalue weighted by Gasteiger charge is 2.43. The Bertz CT molecular complexity index is 1030. The lowest BCUT2D eigenvalue weighted by Crippen LogP contribution is -2.44. The Kier molecular flexibility index (Phi) is 5.61. The maximum Gasteiger partial charge on any atom is 0.393 e. The van der Waals surface area contributed by atoms with Gasteiger partial charge in [-0.15, -0.1) is 11.3 Å². The van der Waals surface area contributed by atoms with Gasteiger partial charge in [0.05, 0.1) is 5.92 Å². The number of likely N-dealkylation sites (tertiary alicyclic amines) is 1. The zero-order valence-corrected chi connectivity index (χ0v) is 17.3. The first-order chi connectivity index (χ1) is 13.8. The van der Waals surface area contributed by atoms with Gasteiger partial charge in [0.25, 0.3) is 5.91 Å². The molecule has 0 spiro atoms. The van der Waals surface area contributed by atoms with Crippen molar-refractivity contribution in [3.8, 4) is 0 Å². The third-order valence-electron chi connectivity index (χ3n) is 5.00. The second-order valence-corrected chi connectivity index (χ2v) is 9.16. The average Bonchev–Trinajstić information content (AvgIpc) is 3.28. The fourth-order valence-electron chi connectivity index (χ4n) is 3.52. The Morgan fingerprint density at radius 1 is 1.38 bits per heavy atom. The highest BCUT2D eigenvalue weighted by Crippen LogP contribution is 2.36. The van der Waals surface area contributed by atoms with Crippen molar-refractivity contribution < 1.29 is 22.4 Å². The van der Waals surface area contributed by atoms with Crippen LogP contribution in [0.25, 0.3) is 11.0 Å². The van der Waals surface area contributed by atoms with Crippen LogP contribution in [-0.2, 0) is 5.75 Å². The van der Waals surface area contributed by atoms with E-state index in [4.69, 9.17) is 4.42 Å². The van der Waals surface area contributed by atoms with Crippen LogP contribution in [-0.4, -0.2) is 35.1 Å². The molecule has 1 atom stereocenters. The molecule has 1 aromatic carbocycles. The number of thiazole rings is 1. The van der Waals surface area contributed by atoms with Crippen LogP contribution in [0.1, 0.15) is 34.7 Å². The molecule has 1 saturated heterocycles. The number of halogens is 3. The maximum absolute atomic E-state index is 13.2. The molecule has 29 heavy (non-hydrogen) atoms. The van der Waals surface area contributed by atoms with Crippen LogP contribution in [0, 0.1) is 12.8 Å². The molecule has 0 aliphatic carbocycles. The Labute approximate surface area is 174 Å². The van der Waals surface area contributed by atoms with Gasteiger partial charge in [0, 0.05) is 40.9 Å². The van der Waals surface area contributed by atoms with Gasteiger partial charge in [0.1, 0.15) is 9.92 Å². The second kappa shape index (κ2) is 8.02. The number of hydrogen-bond acceptors (Lipinski definition) is 5. The van der Waals surface area contributed by atoms with E-state index < -0.39 is 18.0 Å². The van der Waals surface area contributed by atoms with E-state index >= 15 is 0 Å². The van der Waals surface area contributed by atoms with E-state index in [0.29, 0.717) is 29.9 Å². The smallest absolute Gasteiger partial charge is 0.393 e. The van der Waals surface area contributed by atoms with Gasteiger partial charge in [-0.3, -0.25) is 4.79 Å². The second-order valence-electron chi connectivity index (χ2n) is 7.08. The number of para-hydroxylation sites is 1. The zero-order chi connectivity index (χ0) is 20.6. The fourth-order valence-corrected chi connectivity index (χ4v) is 5.40. The summed E-state index contributed by atoms with van der Waals surface area (Å²) >= 11 is 3.02. The molecular weight excluding hydrogens is 421 g/mol. The molecule has 1 unspecified atom stereocenters. The van der Waals surface area contributed by atoms with Crippen molar-refractivity contribution in [1.82, 2.24) is 9.88 Å². The number of alkyl halides is 3. The van der Waals surface area contributed by atoms with E-state index in [0.717, 1.165) is 15.4 Å². The molecule has 0 N–H and O–H groups in total. The Balaban J connectivity index is 1.63. The molecule has 4 rings (SSSR count). The van der Waals surface area contributed by atoms with E-state index in [-0.39, 0.29) is 18.7 Å². The number of rotatable bonds is 4. The van der Waals surface area contributed by atoms with Gasteiger partial charge >= 0.3 is 6.18 Å². The van der Waals surface area contributed by atoms with E-state index in [1.54, 1.807) is 6.07 Å². The number of amides is 1. The summed E-state index contributed by atoms with van der Waals surface area (Å²) in [6, 6.07) is 7.30. The van der Waals surface area contributed by atoms with Gasteiger partial charge in [-0.1, -0.05) is 30.0 Å². The molecule has 1 aliphatic rings. The highest BCUT2D eigenvalue weighted by atomic mass is 32.2. The van der Waals surface area contributed by atoms with Gasteiger partial charge in [-0.25, -0.2) is 4.98 Å². The maximum atomic E-state index is 13.2. The minimum Gasteiger partial charge on any atom is -0.451 e. The summed E-state index contributed by atoms with van der Waals surface area (Å²) in [7, 11) is 0. The van der Waals surface area contributed by atoms with Crippen LogP contribution >= 0.6 is 23.1 Å². The minimum absolute atomic E-state index is 0.0551. The SMILES string of the molecule is Cc1csc(SCc2c(C(=O)N3CCCC(C(F)(F)F)C3)oc3ccccc23)n1. The van der Waals surface area contributed by atoms with Crippen LogP contribution in [0.15, 0.2) is 38.4 Å². The predicted octanol–water partition coefficient (Wildman–Crippen LogP) is 5.90. The van der Waals surface area contributed by atoms with E-state index in [1.807, 2.05) is 30.5 Å². The van der Waals surface area contributed by atoms with Gasteiger partial charge < -0.3 is 9.32 Å². The average molecular weight is 441 g/mol. The van der Waals surface area contributed by atoms with Gasteiger partial charge in [-0.2, -0.15) is 13.2 Å². The molecule has 3 heterocycles. The topological polar surface area (TPSA) is 46.3 Å². The lowest BCUT2D eigenvalue weighted by atomic mass is 9.97. The first-order valence-electron chi connectivity index (χ1n) is 9.24. The quantitative estimate of drug-likeness (QED) is 0.474. The summed E-state index contributed by atoms with van der Waals surface area (Å²) in [5.41, 5.74) is 2.20. The van der Waals surface area contributed by atoms with Crippen molar-refractivity contribution in [1.29, 1.82) is 0 Å². The Morgan fingerprint density at radius 3 is 2.90 bits per heavy atom. The van der Waals surface area contributed by atoms with Crippen molar-refractivity contribution in [2.45, 2.75) is 36.0 Å². The van der Waals surface area contributed by atoms with Crippen LogP contribution < -0.4 is 0 Å². The number of fused-ring (bicyclic) bond motifs is 1. The van der Waals surface area contributed by atoms with Gasteiger partial charge in [-0.05, 0) is 25.8 Å². The third kappa shape index (κ3) is 4.30. The molecule has 1 aliphatic heterocycles. The van der Waals surface area contributed by atoms with Crippen LogP contribution in [0.3, 0.4) is 0 Å². The van der Waals surface area contributed by atoms with Crippen molar-refractivity contribution in [3.05, 3.63) is 46.7 Å². The van der Waals surface area contributed by atoms with Crippen LogP contribution in [0.5, 0.6) is 0 Å². The first kappa shape index (κ1) is 20.3. The zero-order valence-electron chi connectivity index (χ0n) is 15.7. The third-order valence-corrected chi connectivity index (χ3v) is 7.17. The summed E-state index contributed by atoms with van der Waals surface area (Å²) in [6.07, 6.45) is -3.91. The Hall–Kier alpha value is -2.00. The number of carbonyl (C=O) groups excluding carboxylic acids is 1. The molecule has 9 heteroatoms. The minimum atomic E-state index is -4.30. The van der Waals surface area contributed by atoms with Crippen molar-refractivity contribution in [2.75, 3.05) is 13.1 Å². The number of aromatic nitrogens is 1. The van der Waals surface area contributed by atoms with Gasteiger partial charge in [0.2, 0.25) is 0 Å². The highest BCUT2D eigenvalue weighted by molar-refractivity contribution is 8.00. The fraction of sp³-hybridized carbons (Fsp3) is 0.400. The van der Waals surface area contributed by atoms with Crippen molar-refractivity contribution >= 4 is 40.0 Å². The van der Waals surface area contributed by atoms with Crippen LogP contribution in [0.4, 0.5) is 13.2 Å². The number of benzene rings is 1. The largest absolute Gasteiger partial charge is 0.451 e. The molecular formula is C20H19F3N2O2S2. The number of nitrogens with zero attached hydrogens (tertiary/aromatic N) is 2. The monoisotopic (exact) mass is 440 g/mol. The molecule has 1 amide bonds. The summed E-state index contributed by atoms with van der Waals surface area (Å²) in [5.74, 6) is -1.36. The molecule has 0 bridgehead atoms. The Morgan fingerprint density at radius 2 is 2.17 bits per heavy atom. The lowest BCUT2D eigenvalue weighted by molar-refractivity contribution is -0.184. The van der Waals surface area contributed by atoms with Crippen molar-refractivity contribution in [2.24, 2.45) is 5.92 Å². The van der Waals surface area contributed by atoms with Crippen LogP contribution in [0.2, 0.25) is 0 Å². The summed E-state index contributed by atoms with van der Waals surface area (Å²) in [6.45, 7) is 1.90. The molecule has 0 radical (unpaired) electrons. The lowest BCUT2D eigenvalue weighted by Gasteiger charge is -2.33.